The van der Waals surface area contributed by atoms with E-state index in [1.807, 2.05) is 6.92 Å². The maximum atomic E-state index is 11.4. The normalized spacial score (nSPS) is 16.6. The first-order valence-electron chi connectivity index (χ1n) is 6.31. The van der Waals surface area contributed by atoms with E-state index in [1.165, 1.54) is 0 Å². The topological polar surface area (TPSA) is 46.5 Å². The number of carbonyl (C=O) groups excluding carboxylic acids is 1. The van der Waals surface area contributed by atoms with Crippen molar-refractivity contribution < 1.29 is 14.6 Å². The Morgan fingerprint density at radius 1 is 1.25 bits per heavy atom. The van der Waals surface area contributed by atoms with Gasteiger partial charge in [-0.15, -0.1) is 0 Å². The summed E-state index contributed by atoms with van der Waals surface area (Å²) >= 11 is 0. The number of rotatable bonds is 8. The lowest BCUT2D eigenvalue weighted by molar-refractivity contribution is -0.147. The van der Waals surface area contributed by atoms with Crippen molar-refractivity contribution in [3.05, 3.63) is 0 Å². The second-order valence-electron chi connectivity index (χ2n) is 4.73. The van der Waals surface area contributed by atoms with Gasteiger partial charge in [0.2, 0.25) is 0 Å². The minimum absolute atomic E-state index is 0.0749. The average Bonchev–Trinajstić information content (AvgIpc) is 2.29. The van der Waals surface area contributed by atoms with Crippen molar-refractivity contribution in [1.29, 1.82) is 0 Å². The number of hydrogen-bond donors (Lipinski definition) is 1. The van der Waals surface area contributed by atoms with Crippen LogP contribution in [0, 0.1) is 17.8 Å². The van der Waals surface area contributed by atoms with Crippen LogP contribution in [0.15, 0.2) is 0 Å². The van der Waals surface area contributed by atoms with Crippen LogP contribution in [-0.2, 0) is 9.53 Å². The van der Waals surface area contributed by atoms with Gasteiger partial charge in [-0.25, -0.2) is 0 Å². The largest absolute Gasteiger partial charge is 0.465 e. The molecule has 0 aromatic heterocycles. The summed E-state index contributed by atoms with van der Waals surface area (Å²) in [4.78, 5) is 11.4. The molecule has 96 valence electrons. The van der Waals surface area contributed by atoms with Crippen LogP contribution < -0.4 is 0 Å². The zero-order chi connectivity index (χ0) is 12.6. The minimum Gasteiger partial charge on any atom is -0.465 e. The van der Waals surface area contributed by atoms with E-state index in [0.29, 0.717) is 24.9 Å². The Morgan fingerprint density at radius 3 is 2.31 bits per heavy atom. The van der Waals surface area contributed by atoms with E-state index in [0.717, 1.165) is 12.8 Å². The summed E-state index contributed by atoms with van der Waals surface area (Å²) in [5.41, 5.74) is 0. The Hall–Kier alpha value is -0.570. The van der Waals surface area contributed by atoms with Gasteiger partial charge in [0.05, 0.1) is 6.61 Å². The van der Waals surface area contributed by atoms with E-state index in [9.17, 15) is 9.90 Å². The van der Waals surface area contributed by atoms with Crippen molar-refractivity contribution in [2.45, 2.75) is 47.0 Å². The highest BCUT2D eigenvalue weighted by Crippen LogP contribution is 2.16. The van der Waals surface area contributed by atoms with Gasteiger partial charge in [-0.2, -0.15) is 0 Å². The molecule has 0 aromatic rings. The average molecular weight is 230 g/mol. The lowest BCUT2D eigenvalue weighted by Gasteiger charge is -2.20. The van der Waals surface area contributed by atoms with Crippen LogP contribution in [0.5, 0.6) is 0 Å². The standard InChI is InChI=1S/C13H26O3/c1-5-10(3)7-13(15)16-9-12(8-14)11(4)6-2/h10-12,14H,5-9H2,1-4H3/t10-,11-,12-/m0/s1. The molecule has 0 heterocycles. The predicted molar refractivity (Wildman–Crippen MR) is 65.1 cm³/mol. The molecule has 0 spiro atoms. The molecule has 0 amide bonds. The molecule has 0 aliphatic heterocycles. The fraction of sp³-hybridized carbons (Fsp3) is 0.923. The van der Waals surface area contributed by atoms with Gasteiger partial charge in [0.25, 0.3) is 0 Å². The van der Waals surface area contributed by atoms with Gasteiger partial charge in [0.15, 0.2) is 0 Å². The van der Waals surface area contributed by atoms with Crippen molar-refractivity contribution in [1.82, 2.24) is 0 Å². The van der Waals surface area contributed by atoms with Gasteiger partial charge in [-0.1, -0.05) is 40.5 Å². The van der Waals surface area contributed by atoms with E-state index >= 15 is 0 Å². The van der Waals surface area contributed by atoms with Crippen LogP contribution in [0.3, 0.4) is 0 Å². The van der Waals surface area contributed by atoms with Crippen LogP contribution >= 0.6 is 0 Å². The third-order valence-electron chi connectivity index (χ3n) is 3.35. The summed E-state index contributed by atoms with van der Waals surface area (Å²) in [6, 6.07) is 0. The van der Waals surface area contributed by atoms with Crippen LogP contribution in [0.1, 0.15) is 47.0 Å². The van der Waals surface area contributed by atoms with Crippen LogP contribution in [0.4, 0.5) is 0 Å². The third kappa shape index (κ3) is 6.11. The third-order valence-corrected chi connectivity index (χ3v) is 3.35. The maximum Gasteiger partial charge on any atom is 0.306 e. The fourth-order valence-electron chi connectivity index (χ4n) is 1.42. The van der Waals surface area contributed by atoms with Crippen LogP contribution in [0.25, 0.3) is 0 Å². The molecule has 0 bridgehead atoms. The summed E-state index contributed by atoms with van der Waals surface area (Å²) in [5, 5.41) is 9.18. The monoisotopic (exact) mass is 230 g/mol. The molecule has 0 radical (unpaired) electrons. The van der Waals surface area contributed by atoms with Gasteiger partial charge in [0.1, 0.15) is 0 Å². The molecule has 0 saturated carbocycles. The van der Waals surface area contributed by atoms with Gasteiger partial charge in [0, 0.05) is 18.9 Å². The second kappa shape index (κ2) is 8.57. The lowest BCUT2D eigenvalue weighted by Crippen LogP contribution is -2.23. The molecule has 0 unspecified atom stereocenters. The Bertz CT molecular complexity index is 192. The summed E-state index contributed by atoms with van der Waals surface area (Å²) in [5.74, 6) is 0.701. The van der Waals surface area contributed by atoms with Gasteiger partial charge < -0.3 is 9.84 Å². The summed E-state index contributed by atoms with van der Waals surface area (Å²) in [6.45, 7) is 8.69. The van der Waals surface area contributed by atoms with Crippen molar-refractivity contribution in [2.75, 3.05) is 13.2 Å². The van der Waals surface area contributed by atoms with Crippen molar-refractivity contribution >= 4 is 5.97 Å². The predicted octanol–water partition coefficient (Wildman–Crippen LogP) is 2.62. The highest BCUT2D eigenvalue weighted by molar-refractivity contribution is 5.69. The molecular weight excluding hydrogens is 204 g/mol. The number of aliphatic hydroxyl groups excluding tert-OH is 1. The highest BCUT2D eigenvalue weighted by atomic mass is 16.5. The Balaban J connectivity index is 3.88. The van der Waals surface area contributed by atoms with E-state index in [-0.39, 0.29) is 18.5 Å². The van der Waals surface area contributed by atoms with Crippen molar-refractivity contribution in [3.8, 4) is 0 Å². The molecule has 16 heavy (non-hydrogen) atoms. The highest BCUT2D eigenvalue weighted by Gasteiger charge is 2.17. The number of esters is 1. The van der Waals surface area contributed by atoms with Crippen molar-refractivity contribution in [3.63, 3.8) is 0 Å². The molecule has 0 aliphatic rings. The zero-order valence-corrected chi connectivity index (χ0v) is 11.0. The smallest absolute Gasteiger partial charge is 0.306 e. The Kier molecular flexibility index (Phi) is 8.26. The molecule has 0 rings (SSSR count). The van der Waals surface area contributed by atoms with E-state index in [1.54, 1.807) is 0 Å². The van der Waals surface area contributed by atoms with Gasteiger partial charge in [-0.3, -0.25) is 4.79 Å². The first-order valence-corrected chi connectivity index (χ1v) is 6.31. The van der Waals surface area contributed by atoms with Crippen LogP contribution in [0.2, 0.25) is 0 Å². The summed E-state index contributed by atoms with van der Waals surface area (Å²) in [7, 11) is 0. The fourth-order valence-corrected chi connectivity index (χ4v) is 1.42. The number of aliphatic hydroxyl groups is 1. The molecular formula is C13H26O3. The van der Waals surface area contributed by atoms with Gasteiger partial charge >= 0.3 is 5.97 Å². The first kappa shape index (κ1) is 15.4. The molecule has 0 saturated heterocycles. The molecule has 3 atom stereocenters. The molecule has 1 N–H and O–H groups in total. The van der Waals surface area contributed by atoms with Crippen LogP contribution in [-0.4, -0.2) is 24.3 Å². The number of ether oxygens (including phenoxy) is 1. The van der Waals surface area contributed by atoms with Crippen molar-refractivity contribution in [2.24, 2.45) is 17.8 Å². The number of carbonyl (C=O) groups is 1. The molecule has 0 aromatic carbocycles. The van der Waals surface area contributed by atoms with E-state index < -0.39 is 0 Å². The SMILES string of the molecule is CC[C@H](C)CC(=O)OC[C@H](CO)[C@@H](C)CC. The number of hydrogen-bond acceptors (Lipinski definition) is 3. The van der Waals surface area contributed by atoms with E-state index in [4.69, 9.17) is 4.74 Å². The Morgan fingerprint density at radius 2 is 1.88 bits per heavy atom. The Labute approximate surface area is 99.2 Å². The molecule has 0 fully saturated rings. The first-order chi connectivity index (χ1) is 7.54. The lowest BCUT2D eigenvalue weighted by atomic mass is 9.93. The molecule has 3 heteroatoms. The quantitative estimate of drug-likeness (QED) is 0.652. The second-order valence-corrected chi connectivity index (χ2v) is 4.73. The van der Waals surface area contributed by atoms with E-state index in [2.05, 4.69) is 20.8 Å². The van der Waals surface area contributed by atoms with Gasteiger partial charge in [-0.05, 0) is 11.8 Å². The summed E-state index contributed by atoms with van der Waals surface area (Å²) in [6.07, 6.45) is 2.47. The molecule has 0 aliphatic carbocycles. The minimum atomic E-state index is -0.142. The summed E-state index contributed by atoms with van der Waals surface area (Å²) < 4.78 is 5.19. The zero-order valence-electron chi connectivity index (χ0n) is 11.0. The maximum absolute atomic E-state index is 11.4. The molecule has 3 nitrogen and oxygen atoms in total.